The largest absolute Gasteiger partial charge is 0.357 e. The van der Waals surface area contributed by atoms with Gasteiger partial charge in [0.05, 0.1) is 11.4 Å². The number of carbonyl (C=O) groups is 2. The Hall–Kier alpha value is -1.89. The number of fused-ring (bicyclic) bond motifs is 1. The van der Waals surface area contributed by atoms with Crippen LogP contribution in [0.1, 0.15) is 69.3 Å². The molecule has 1 aromatic rings. The zero-order valence-corrected chi connectivity index (χ0v) is 18.0. The normalized spacial score (nSPS) is 19.8. The minimum Gasteiger partial charge on any atom is -0.357 e. The number of amides is 2. The van der Waals surface area contributed by atoms with Gasteiger partial charge in [0.2, 0.25) is 5.91 Å². The molecule has 0 radical (unpaired) electrons. The Labute approximate surface area is 168 Å². The quantitative estimate of drug-likeness (QED) is 0.831. The Balaban J connectivity index is 1.89. The number of hydrogen-bond acceptors (Lipinski definition) is 4. The molecule has 1 aromatic heterocycles. The van der Waals surface area contributed by atoms with Gasteiger partial charge in [0.25, 0.3) is 0 Å². The van der Waals surface area contributed by atoms with Crippen molar-refractivity contribution in [2.24, 2.45) is 5.41 Å². The minimum absolute atomic E-state index is 0.183. The third-order valence-electron chi connectivity index (χ3n) is 6.15. The number of likely N-dealkylation sites (tertiary alicyclic amines) is 1. The van der Waals surface area contributed by atoms with E-state index in [1.807, 2.05) is 20.8 Å². The maximum absolute atomic E-state index is 13.1. The van der Waals surface area contributed by atoms with Gasteiger partial charge in [-0.15, -0.1) is 0 Å². The average molecular weight is 390 g/mol. The highest BCUT2D eigenvalue weighted by Gasteiger charge is 2.35. The first kappa shape index (κ1) is 20.8. The Morgan fingerprint density at radius 1 is 1.14 bits per heavy atom. The van der Waals surface area contributed by atoms with Crippen molar-refractivity contribution in [3.05, 3.63) is 17.0 Å². The summed E-state index contributed by atoms with van der Waals surface area (Å²) in [6, 6.07) is -0.902. The number of aromatic nitrogens is 2. The summed E-state index contributed by atoms with van der Waals surface area (Å²) in [7, 11) is 3.75. The molecule has 3 rings (SSSR count). The average Bonchev–Trinajstić information content (AvgIpc) is 3.05. The van der Waals surface area contributed by atoms with Crippen molar-refractivity contribution < 1.29 is 9.59 Å². The van der Waals surface area contributed by atoms with Crippen LogP contribution in [0.15, 0.2) is 0 Å². The lowest BCUT2D eigenvalue weighted by Crippen LogP contribution is -2.54. The predicted molar refractivity (Wildman–Crippen MR) is 110 cm³/mol. The molecule has 0 unspecified atom stereocenters. The van der Waals surface area contributed by atoms with Gasteiger partial charge in [0, 0.05) is 13.0 Å². The number of carbonyl (C=O) groups excluding carboxylic acids is 2. The van der Waals surface area contributed by atoms with E-state index in [2.05, 4.69) is 22.6 Å². The summed E-state index contributed by atoms with van der Waals surface area (Å²) in [5.74, 6) is 0.242. The van der Waals surface area contributed by atoms with E-state index in [1.54, 1.807) is 11.7 Å². The number of hydrogen-bond donors (Lipinski definition) is 2. The van der Waals surface area contributed by atoms with E-state index in [1.165, 1.54) is 5.56 Å². The molecule has 0 aromatic carbocycles. The molecular formula is C21H35N5O2. The third kappa shape index (κ3) is 4.24. The van der Waals surface area contributed by atoms with Crippen LogP contribution in [0.2, 0.25) is 0 Å². The summed E-state index contributed by atoms with van der Waals surface area (Å²) >= 11 is 0. The van der Waals surface area contributed by atoms with Crippen molar-refractivity contribution in [1.82, 2.24) is 25.3 Å². The van der Waals surface area contributed by atoms with Gasteiger partial charge >= 0.3 is 6.03 Å². The Morgan fingerprint density at radius 3 is 2.39 bits per heavy atom. The summed E-state index contributed by atoms with van der Waals surface area (Å²) in [4.78, 5) is 27.8. The number of piperidine rings is 1. The van der Waals surface area contributed by atoms with Crippen LogP contribution in [0.25, 0.3) is 0 Å². The summed E-state index contributed by atoms with van der Waals surface area (Å²) in [6.45, 7) is 8.00. The smallest absolute Gasteiger partial charge is 0.342 e. The number of rotatable bonds is 3. The van der Waals surface area contributed by atoms with Crippen LogP contribution in [0, 0.1) is 5.41 Å². The molecule has 7 nitrogen and oxygen atoms in total. The van der Waals surface area contributed by atoms with Crippen LogP contribution in [-0.4, -0.2) is 59.8 Å². The second kappa shape index (κ2) is 8.23. The molecule has 156 valence electrons. The summed E-state index contributed by atoms with van der Waals surface area (Å²) in [6.07, 6.45) is 6.29. The first-order chi connectivity index (χ1) is 13.2. The summed E-state index contributed by atoms with van der Waals surface area (Å²) in [5, 5.41) is 10.4. The van der Waals surface area contributed by atoms with Crippen molar-refractivity contribution in [3.8, 4) is 0 Å². The first-order valence-corrected chi connectivity index (χ1v) is 10.5. The number of nitrogens with one attached hydrogen (secondary N) is 2. The highest BCUT2D eigenvalue weighted by Crippen LogP contribution is 2.34. The molecule has 0 spiro atoms. The van der Waals surface area contributed by atoms with Gasteiger partial charge in [-0.25, -0.2) is 4.79 Å². The molecule has 1 fully saturated rings. The van der Waals surface area contributed by atoms with Crippen molar-refractivity contribution in [3.63, 3.8) is 0 Å². The molecule has 0 saturated carbocycles. The Morgan fingerprint density at radius 2 is 1.79 bits per heavy atom. The Kier molecular flexibility index (Phi) is 6.12. The van der Waals surface area contributed by atoms with Gasteiger partial charge in [-0.3, -0.25) is 4.79 Å². The molecule has 1 atom stereocenters. The number of nitrogens with zero attached hydrogens (tertiary/aromatic N) is 3. The molecule has 1 aliphatic carbocycles. The highest BCUT2D eigenvalue weighted by molar-refractivity contribution is 5.88. The molecule has 1 saturated heterocycles. The van der Waals surface area contributed by atoms with Gasteiger partial charge in [0.15, 0.2) is 0 Å². The van der Waals surface area contributed by atoms with E-state index in [9.17, 15) is 9.59 Å². The topological polar surface area (TPSA) is 79.3 Å². The second-order valence-corrected chi connectivity index (χ2v) is 9.37. The predicted octanol–water partition coefficient (Wildman–Crippen LogP) is 2.29. The third-order valence-corrected chi connectivity index (χ3v) is 6.15. The molecule has 28 heavy (non-hydrogen) atoms. The van der Waals surface area contributed by atoms with Crippen LogP contribution in [0.5, 0.6) is 0 Å². The van der Waals surface area contributed by atoms with Gasteiger partial charge < -0.3 is 15.5 Å². The number of likely N-dealkylation sites (N-methyl/N-ethyl adjacent to an activating group) is 1. The van der Waals surface area contributed by atoms with E-state index in [4.69, 9.17) is 5.10 Å². The molecule has 7 heteroatoms. The van der Waals surface area contributed by atoms with Gasteiger partial charge in [-0.1, -0.05) is 20.8 Å². The van der Waals surface area contributed by atoms with Crippen molar-refractivity contribution in [2.75, 3.05) is 27.2 Å². The molecule has 2 heterocycles. The van der Waals surface area contributed by atoms with Crippen molar-refractivity contribution in [1.29, 1.82) is 0 Å². The van der Waals surface area contributed by atoms with Crippen LogP contribution in [0.4, 0.5) is 4.79 Å². The van der Waals surface area contributed by atoms with Crippen molar-refractivity contribution in [2.45, 2.75) is 71.3 Å². The lowest BCUT2D eigenvalue weighted by molar-refractivity contribution is -0.124. The van der Waals surface area contributed by atoms with Crippen LogP contribution >= 0.6 is 0 Å². The van der Waals surface area contributed by atoms with E-state index in [0.717, 1.165) is 63.0 Å². The van der Waals surface area contributed by atoms with E-state index < -0.39 is 6.04 Å². The molecule has 2 aliphatic rings. The summed E-state index contributed by atoms with van der Waals surface area (Å²) in [5.41, 5.74) is 3.05. The second-order valence-electron chi connectivity index (χ2n) is 9.37. The lowest BCUT2D eigenvalue weighted by atomic mass is 9.86. The molecule has 0 bridgehead atoms. The molecule has 2 amide bonds. The van der Waals surface area contributed by atoms with Crippen LogP contribution in [-0.2, 0) is 17.6 Å². The highest BCUT2D eigenvalue weighted by atomic mass is 16.2. The van der Waals surface area contributed by atoms with Crippen LogP contribution < -0.4 is 10.6 Å². The standard InChI is InChI=1S/C21H35N5O2/c1-21(2,3)18(19(27)22-4)23-20(28)26-16-9-7-6-8-15(16)17(24-26)14-10-12-25(5)13-11-14/h14,18H,6-13H2,1-5H3,(H,22,27)(H,23,28)/t18-/m1/s1. The minimum atomic E-state index is -0.611. The maximum atomic E-state index is 13.1. The van der Waals surface area contributed by atoms with E-state index in [-0.39, 0.29) is 17.4 Å². The SMILES string of the molecule is CNC(=O)[C@@H](NC(=O)n1nc(C2CCN(C)CC2)c2c1CCCC2)C(C)(C)C. The fourth-order valence-electron chi connectivity index (χ4n) is 4.41. The maximum Gasteiger partial charge on any atom is 0.342 e. The van der Waals surface area contributed by atoms with Gasteiger partial charge in [-0.05, 0) is 69.6 Å². The first-order valence-electron chi connectivity index (χ1n) is 10.5. The van der Waals surface area contributed by atoms with E-state index >= 15 is 0 Å². The monoisotopic (exact) mass is 389 g/mol. The molecule has 2 N–H and O–H groups in total. The Bertz CT molecular complexity index is 726. The molecular weight excluding hydrogens is 354 g/mol. The summed E-state index contributed by atoms with van der Waals surface area (Å²) < 4.78 is 1.56. The fourth-order valence-corrected chi connectivity index (χ4v) is 4.41. The zero-order chi connectivity index (χ0) is 20.5. The zero-order valence-electron chi connectivity index (χ0n) is 18.0. The fraction of sp³-hybridized carbons (Fsp3) is 0.762. The lowest BCUT2D eigenvalue weighted by Gasteiger charge is -2.30. The van der Waals surface area contributed by atoms with Gasteiger partial charge in [-0.2, -0.15) is 9.78 Å². The molecule has 1 aliphatic heterocycles. The van der Waals surface area contributed by atoms with Crippen LogP contribution in [0.3, 0.4) is 0 Å². The van der Waals surface area contributed by atoms with E-state index in [0.29, 0.717) is 5.92 Å². The van der Waals surface area contributed by atoms with Gasteiger partial charge in [0.1, 0.15) is 6.04 Å². The van der Waals surface area contributed by atoms with Crippen molar-refractivity contribution >= 4 is 11.9 Å².